The van der Waals surface area contributed by atoms with Gasteiger partial charge in [-0.2, -0.15) is 0 Å². The van der Waals surface area contributed by atoms with Crippen molar-refractivity contribution in [3.63, 3.8) is 0 Å². The van der Waals surface area contributed by atoms with E-state index in [9.17, 15) is 19.5 Å². The molecule has 32 heavy (non-hydrogen) atoms. The van der Waals surface area contributed by atoms with Crippen molar-refractivity contribution >= 4 is 22.8 Å². The molecule has 3 aromatic rings. The lowest BCUT2D eigenvalue weighted by atomic mass is 9.76. The molecule has 0 unspecified atom stereocenters. The smallest absolute Gasteiger partial charge is 0.316 e. The van der Waals surface area contributed by atoms with E-state index in [4.69, 9.17) is 14.5 Å². The van der Waals surface area contributed by atoms with Crippen molar-refractivity contribution in [2.75, 3.05) is 0 Å². The first-order valence-corrected chi connectivity index (χ1v) is 10.5. The van der Waals surface area contributed by atoms with Crippen molar-refractivity contribution in [2.24, 2.45) is 0 Å². The molecule has 0 radical (unpaired) electrons. The fraction of sp³-hybridized carbons (Fsp3) is 0.333. The summed E-state index contributed by atoms with van der Waals surface area (Å²) in [5, 5.41) is 10.9. The molecule has 0 amide bonds. The molecule has 5 rings (SSSR count). The Morgan fingerprint density at radius 3 is 2.75 bits per heavy atom. The number of carbonyl (C=O) groups is 2. The highest BCUT2D eigenvalue weighted by Crippen LogP contribution is 2.41. The number of fused-ring (bicyclic) bond motifs is 5. The average molecular weight is 434 g/mol. The molecule has 4 heterocycles. The third-order valence-electron chi connectivity index (χ3n) is 6.65. The van der Waals surface area contributed by atoms with Crippen LogP contribution in [0.5, 0.6) is 5.75 Å². The Labute approximate surface area is 183 Å². The minimum atomic E-state index is -0.902. The number of ether oxygens (including phenoxy) is 2. The zero-order valence-corrected chi connectivity index (χ0v) is 18.0. The first-order chi connectivity index (χ1) is 15.3. The van der Waals surface area contributed by atoms with Gasteiger partial charge in [0.2, 0.25) is 0 Å². The Morgan fingerprint density at radius 2 is 2.06 bits per heavy atom. The number of cyclic esters (lactones) is 1. The predicted molar refractivity (Wildman–Crippen MR) is 115 cm³/mol. The fourth-order valence-corrected chi connectivity index (χ4v) is 4.71. The second-order valence-corrected chi connectivity index (χ2v) is 8.42. The number of aromatic nitrogens is 2. The van der Waals surface area contributed by atoms with E-state index in [2.05, 4.69) is 0 Å². The molecule has 164 valence electrons. The van der Waals surface area contributed by atoms with Gasteiger partial charge in [-0.25, -0.2) is 4.98 Å². The van der Waals surface area contributed by atoms with Crippen LogP contribution in [0.15, 0.2) is 29.1 Å². The lowest BCUT2D eigenvalue weighted by Crippen LogP contribution is -2.42. The van der Waals surface area contributed by atoms with Gasteiger partial charge in [0.05, 0.1) is 41.0 Å². The van der Waals surface area contributed by atoms with Crippen LogP contribution in [-0.2, 0) is 39.5 Å². The van der Waals surface area contributed by atoms with Crippen LogP contribution in [0, 0.1) is 0 Å². The molecule has 0 aliphatic carbocycles. The van der Waals surface area contributed by atoms with Crippen LogP contribution in [0.25, 0.3) is 22.3 Å². The van der Waals surface area contributed by atoms with E-state index < -0.39 is 11.4 Å². The summed E-state index contributed by atoms with van der Waals surface area (Å²) in [7, 11) is 0. The number of benzene rings is 1. The Balaban J connectivity index is 1.76. The Kier molecular flexibility index (Phi) is 4.46. The number of esters is 2. The third kappa shape index (κ3) is 2.72. The van der Waals surface area contributed by atoms with Gasteiger partial charge in [0.25, 0.3) is 5.56 Å². The van der Waals surface area contributed by atoms with Crippen molar-refractivity contribution in [2.45, 2.75) is 52.4 Å². The number of aliphatic hydroxyl groups excluding tert-OH is 1. The largest absolute Gasteiger partial charge is 0.460 e. The van der Waals surface area contributed by atoms with Crippen molar-refractivity contribution in [1.82, 2.24) is 9.55 Å². The van der Waals surface area contributed by atoms with Crippen molar-refractivity contribution in [1.29, 1.82) is 0 Å². The van der Waals surface area contributed by atoms with E-state index in [0.717, 1.165) is 5.56 Å². The summed E-state index contributed by atoms with van der Waals surface area (Å²) < 4.78 is 12.1. The molecular weight excluding hydrogens is 412 g/mol. The molecule has 1 N–H and O–H groups in total. The van der Waals surface area contributed by atoms with Crippen LogP contribution in [0.1, 0.15) is 49.4 Å². The van der Waals surface area contributed by atoms with Gasteiger partial charge in [-0.15, -0.1) is 0 Å². The highest BCUT2D eigenvalue weighted by atomic mass is 16.5. The van der Waals surface area contributed by atoms with Crippen LogP contribution in [0.3, 0.4) is 0 Å². The first-order valence-electron chi connectivity index (χ1n) is 10.5. The van der Waals surface area contributed by atoms with E-state index in [1.807, 2.05) is 13.0 Å². The maximum Gasteiger partial charge on any atom is 0.316 e. The molecule has 1 aromatic carbocycles. The number of hydrogen-bond acceptors (Lipinski definition) is 7. The zero-order chi connectivity index (χ0) is 22.8. The standard InChI is InChI=1S/C24H22N2O6/c1-4-24(3)18-8-20-21-15(9-26(20)22(29)17(18)11-31-23(24)30)16(10-27)14-7-13(32-12(2)28)5-6-19(14)25-21/h5-8,27H,4,9-11H2,1-3H3/t24-/m1/s1. The van der Waals surface area contributed by atoms with Crippen LogP contribution in [0.2, 0.25) is 0 Å². The van der Waals surface area contributed by atoms with Crippen LogP contribution < -0.4 is 10.3 Å². The molecule has 0 bridgehead atoms. The highest BCUT2D eigenvalue weighted by Gasteiger charge is 2.43. The number of rotatable bonds is 3. The van der Waals surface area contributed by atoms with Gasteiger partial charge in [-0.3, -0.25) is 14.4 Å². The van der Waals surface area contributed by atoms with Gasteiger partial charge in [0, 0.05) is 17.9 Å². The zero-order valence-electron chi connectivity index (χ0n) is 18.0. The van der Waals surface area contributed by atoms with Gasteiger partial charge in [-0.05, 0) is 48.7 Å². The molecule has 0 saturated heterocycles. The molecule has 1 atom stereocenters. The van der Waals surface area contributed by atoms with Crippen molar-refractivity contribution < 1.29 is 24.2 Å². The molecule has 0 spiro atoms. The quantitative estimate of drug-likeness (QED) is 0.390. The SMILES string of the molecule is CC[C@@]1(C)C(=O)OCc2c1cc1n(c2=O)Cc2c-1nc1ccc(OC(C)=O)cc1c2CO. The first kappa shape index (κ1) is 20.4. The average Bonchev–Trinajstić information content (AvgIpc) is 3.13. The maximum absolute atomic E-state index is 13.4. The summed E-state index contributed by atoms with van der Waals surface area (Å²) in [6, 6.07) is 6.91. The minimum Gasteiger partial charge on any atom is -0.460 e. The van der Waals surface area contributed by atoms with Crippen LogP contribution in [0.4, 0.5) is 0 Å². The lowest BCUT2D eigenvalue weighted by Gasteiger charge is -2.33. The van der Waals surface area contributed by atoms with Gasteiger partial charge in [-0.1, -0.05) is 6.92 Å². The summed E-state index contributed by atoms with van der Waals surface area (Å²) in [5.74, 6) is -0.418. The van der Waals surface area contributed by atoms with Gasteiger partial charge in [0.15, 0.2) is 0 Å². The van der Waals surface area contributed by atoms with E-state index in [1.54, 1.807) is 29.7 Å². The van der Waals surface area contributed by atoms with Crippen molar-refractivity contribution in [3.8, 4) is 17.1 Å². The monoisotopic (exact) mass is 434 g/mol. The predicted octanol–water partition coefficient (Wildman–Crippen LogP) is 2.57. The molecule has 2 aliphatic rings. The highest BCUT2D eigenvalue weighted by molar-refractivity contribution is 5.90. The van der Waals surface area contributed by atoms with Crippen LogP contribution >= 0.6 is 0 Å². The van der Waals surface area contributed by atoms with E-state index in [-0.39, 0.29) is 31.3 Å². The van der Waals surface area contributed by atoms with Gasteiger partial charge < -0.3 is 19.1 Å². The molecule has 2 aromatic heterocycles. The van der Waals surface area contributed by atoms with E-state index in [0.29, 0.717) is 51.2 Å². The third-order valence-corrected chi connectivity index (χ3v) is 6.65. The second kappa shape index (κ2) is 7.00. The number of pyridine rings is 2. The molecule has 0 fully saturated rings. The topological polar surface area (TPSA) is 108 Å². The van der Waals surface area contributed by atoms with Crippen molar-refractivity contribution in [3.05, 3.63) is 56.9 Å². The molecule has 8 nitrogen and oxygen atoms in total. The van der Waals surface area contributed by atoms with Gasteiger partial charge >= 0.3 is 11.9 Å². The number of carbonyl (C=O) groups excluding carboxylic acids is 2. The normalized spacial score (nSPS) is 18.7. The second-order valence-electron chi connectivity index (χ2n) is 8.42. The van der Waals surface area contributed by atoms with Crippen LogP contribution in [-0.4, -0.2) is 26.6 Å². The molecule has 2 aliphatic heterocycles. The molecule has 8 heteroatoms. The molecular formula is C24H22N2O6. The van der Waals surface area contributed by atoms with E-state index in [1.165, 1.54) is 6.92 Å². The summed E-state index contributed by atoms with van der Waals surface area (Å²) in [6.07, 6.45) is 0.501. The lowest BCUT2D eigenvalue weighted by molar-refractivity contribution is -0.153. The fourth-order valence-electron chi connectivity index (χ4n) is 4.71. The maximum atomic E-state index is 13.4. The summed E-state index contributed by atoms with van der Waals surface area (Å²) in [6.45, 7) is 4.95. The number of hydrogen-bond donors (Lipinski definition) is 1. The summed E-state index contributed by atoms with van der Waals surface area (Å²) in [4.78, 5) is 42.0. The van der Waals surface area contributed by atoms with E-state index >= 15 is 0 Å². The summed E-state index contributed by atoms with van der Waals surface area (Å²) >= 11 is 0. The Bertz CT molecular complexity index is 1390. The Morgan fingerprint density at radius 1 is 1.28 bits per heavy atom. The van der Waals surface area contributed by atoms with Gasteiger partial charge in [0.1, 0.15) is 12.4 Å². The summed E-state index contributed by atoms with van der Waals surface area (Å²) in [5.41, 5.74) is 3.26. The number of aliphatic hydroxyl groups is 1. The molecule has 0 saturated carbocycles. The number of nitrogens with zero attached hydrogens (tertiary/aromatic N) is 2. The minimum absolute atomic E-state index is 0.0484. The Hall–Kier alpha value is -3.52.